The minimum Gasteiger partial charge on any atom is -0.392 e. The Labute approximate surface area is 122 Å². The molecule has 5 nitrogen and oxygen atoms in total. The van der Waals surface area contributed by atoms with Gasteiger partial charge in [-0.25, -0.2) is 13.1 Å². The molecule has 0 heterocycles. The van der Waals surface area contributed by atoms with E-state index in [4.69, 9.17) is 5.11 Å². The van der Waals surface area contributed by atoms with Crippen molar-refractivity contribution in [2.45, 2.75) is 24.8 Å². The van der Waals surface area contributed by atoms with Crippen LogP contribution in [-0.4, -0.2) is 39.3 Å². The number of rotatable bonds is 7. The number of aryl methyl sites for hydroxylation is 1. The number of aliphatic hydroxyl groups excluding tert-OH is 1. The van der Waals surface area contributed by atoms with E-state index < -0.39 is 16.1 Å². The minimum absolute atomic E-state index is 0.230. The molecule has 1 atom stereocenters. The van der Waals surface area contributed by atoms with Crippen LogP contribution in [0.1, 0.15) is 12.5 Å². The number of sulfonamides is 1. The van der Waals surface area contributed by atoms with E-state index in [0.29, 0.717) is 17.6 Å². The molecule has 19 heavy (non-hydrogen) atoms. The van der Waals surface area contributed by atoms with E-state index in [1.807, 2.05) is 6.92 Å². The van der Waals surface area contributed by atoms with Crippen LogP contribution in [0.4, 0.5) is 0 Å². The minimum atomic E-state index is -3.51. The average Bonchev–Trinajstić information content (AvgIpc) is 2.27. The Morgan fingerprint density at radius 3 is 2.63 bits per heavy atom. The molecule has 0 aliphatic rings. The molecule has 1 aromatic carbocycles. The normalized spacial score (nSPS) is 13.5. The largest absolute Gasteiger partial charge is 0.392 e. The molecular formula is C12H19BrN2O3S. The zero-order valence-corrected chi connectivity index (χ0v) is 13.4. The van der Waals surface area contributed by atoms with E-state index >= 15 is 0 Å². The molecule has 0 spiro atoms. The molecule has 0 saturated carbocycles. The quantitative estimate of drug-likeness (QED) is 0.641. The van der Waals surface area contributed by atoms with Gasteiger partial charge in [-0.2, -0.15) is 0 Å². The third-order valence-corrected chi connectivity index (χ3v) is 4.85. The van der Waals surface area contributed by atoms with Crippen LogP contribution in [0, 0.1) is 6.92 Å². The van der Waals surface area contributed by atoms with Crippen LogP contribution in [0.3, 0.4) is 0 Å². The highest BCUT2D eigenvalue weighted by Crippen LogP contribution is 2.22. The summed E-state index contributed by atoms with van der Waals surface area (Å²) in [6.45, 7) is 4.74. The molecule has 1 unspecified atom stereocenters. The third-order valence-electron chi connectivity index (χ3n) is 2.41. The lowest BCUT2D eigenvalue weighted by molar-refractivity contribution is 0.192. The molecule has 0 bridgehead atoms. The van der Waals surface area contributed by atoms with E-state index in [9.17, 15) is 8.42 Å². The van der Waals surface area contributed by atoms with E-state index in [0.717, 1.165) is 5.56 Å². The van der Waals surface area contributed by atoms with Crippen LogP contribution in [0.15, 0.2) is 27.6 Å². The van der Waals surface area contributed by atoms with Crippen molar-refractivity contribution in [2.75, 3.05) is 19.6 Å². The van der Waals surface area contributed by atoms with E-state index in [1.165, 1.54) is 0 Å². The summed E-state index contributed by atoms with van der Waals surface area (Å²) in [7, 11) is -3.51. The Balaban J connectivity index is 2.56. The summed E-state index contributed by atoms with van der Waals surface area (Å²) in [4.78, 5) is 0.230. The summed E-state index contributed by atoms with van der Waals surface area (Å²) >= 11 is 3.26. The molecule has 0 radical (unpaired) electrons. The number of hydrogen-bond acceptors (Lipinski definition) is 4. The summed E-state index contributed by atoms with van der Waals surface area (Å²) in [5, 5.41) is 12.0. The summed E-state index contributed by atoms with van der Waals surface area (Å²) in [6.07, 6.45) is -0.442. The number of halogens is 1. The smallest absolute Gasteiger partial charge is 0.241 e. The van der Waals surface area contributed by atoms with Gasteiger partial charge in [-0.15, -0.1) is 0 Å². The number of nitrogens with one attached hydrogen (secondary N) is 2. The van der Waals surface area contributed by atoms with Crippen LogP contribution in [0.25, 0.3) is 0 Å². The highest BCUT2D eigenvalue weighted by atomic mass is 79.9. The SMILES string of the molecule is Cc1ccc(S(=O)(=O)NCCNCC(C)O)c(Br)c1. The highest BCUT2D eigenvalue weighted by Gasteiger charge is 2.16. The molecule has 0 amide bonds. The van der Waals surface area contributed by atoms with Crippen molar-refractivity contribution in [3.8, 4) is 0 Å². The second kappa shape index (κ2) is 7.35. The Bertz CT molecular complexity index is 518. The molecule has 1 rings (SSSR count). The monoisotopic (exact) mass is 350 g/mol. The lowest BCUT2D eigenvalue weighted by Crippen LogP contribution is -2.34. The number of benzene rings is 1. The molecule has 7 heteroatoms. The zero-order chi connectivity index (χ0) is 14.5. The van der Waals surface area contributed by atoms with Crippen molar-refractivity contribution in [2.24, 2.45) is 0 Å². The van der Waals surface area contributed by atoms with Gasteiger partial charge in [-0.1, -0.05) is 6.07 Å². The lowest BCUT2D eigenvalue weighted by atomic mass is 10.2. The van der Waals surface area contributed by atoms with Gasteiger partial charge >= 0.3 is 0 Å². The van der Waals surface area contributed by atoms with Crippen LogP contribution in [0.5, 0.6) is 0 Å². The maximum absolute atomic E-state index is 12.0. The van der Waals surface area contributed by atoms with Crippen molar-refractivity contribution in [1.82, 2.24) is 10.0 Å². The van der Waals surface area contributed by atoms with Gasteiger partial charge in [0, 0.05) is 24.1 Å². The fraction of sp³-hybridized carbons (Fsp3) is 0.500. The van der Waals surface area contributed by atoms with Crippen LogP contribution < -0.4 is 10.0 Å². The molecule has 108 valence electrons. The maximum atomic E-state index is 12.0. The predicted octanol–water partition coefficient (Wildman–Crippen LogP) is 1.01. The predicted molar refractivity (Wildman–Crippen MR) is 78.6 cm³/mol. The Kier molecular flexibility index (Phi) is 6.41. The first-order chi connectivity index (χ1) is 8.83. The Morgan fingerprint density at radius 1 is 1.37 bits per heavy atom. The van der Waals surface area contributed by atoms with E-state index in [1.54, 1.807) is 25.1 Å². The van der Waals surface area contributed by atoms with E-state index in [2.05, 4.69) is 26.0 Å². The van der Waals surface area contributed by atoms with Gasteiger partial charge in [-0.3, -0.25) is 0 Å². The van der Waals surface area contributed by atoms with Crippen LogP contribution >= 0.6 is 15.9 Å². The molecule has 0 aromatic heterocycles. The molecule has 0 fully saturated rings. The maximum Gasteiger partial charge on any atom is 0.241 e. The molecule has 1 aromatic rings. The fourth-order valence-corrected chi connectivity index (χ4v) is 3.71. The number of aliphatic hydroxyl groups is 1. The van der Waals surface area contributed by atoms with Crippen LogP contribution in [-0.2, 0) is 10.0 Å². The van der Waals surface area contributed by atoms with Crippen molar-refractivity contribution < 1.29 is 13.5 Å². The Morgan fingerprint density at radius 2 is 2.05 bits per heavy atom. The zero-order valence-electron chi connectivity index (χ0n) is 11.0. The van der Waals surface area contributed by atoms with Gasteiger partial charge in [-0.05, 0) is 47.5 Å². The summed E-state index contributed by atoms with van der Waals surface area (Å²) in [5.41, 5.74) is 0.990. The van der Waals surface area contributed by atoms with Crippen molar-refractivity contribution in [3.63, 3.8) is 0 Å². The van der Waals surface area contributed by atoms with Gasteiger partial charge in [0.1, 0.15) is 0 Å². The van der Waals surface area contributed by atoms with Crippen molar-refractivity contribution >= 4 is 26.0 Å². The first-order valence-electron chi connectivity index (χ1n) is 5.97. The van der Waals surface area contributed by atoms with Gasteiger partial charge < -0.3 is 10.4 Å². The summed E-state index contributed by atoms with van der Waals surface area (Å²) in [6, 6.07) is 5.09. The molecule has 0 aliphatic heterocycles. The van der Waals surface area contributed by atoms with Gasteiger partial charge in [0.05, 0.1) is 11.0 Å². The number of hydrogen-bond donors (Lipinski definition) is 3. The third kappa shape index (κ3) is 5.58. The summed E-state index contributed by atoms with van der Waals surface area (Å²) < 4.78 is 27.1. The lowest BCUT2D eigenvalue weighted by Gasteiger charge is -2.10. The Hall–Kier alpha value is -0.470. The first-order valence-corrected chi connectivity index (χ1v) is 8.25. The van der Waals surface area contributed by atoms with Gasteiger partial charge in [0.25, 0.3) is 0 Å². The second-order valence-electron chi connectivity index (χ2n) is 4.38. The van der Waals surface area contributed by atoms with Crippen molar-refractivity contribution in [1.29, 1.82) is 0 Å². The van der Waals surface area contributed by atoms with Crippen LogP contribution in [0.2, 0.25) is 0 Å². The molecule has 3 N–H and O–H groups in total. The average molecular weight is 351 g/mol. The van der Waals surface area contributed by atoms with Crippen molar-refractivity contribution in [3.05, 3.63) is 28.2 Å². The summed E-state index contributed by atoms with van der Waals surface area (Å²) in [5.74, 6) is 0. The standard InChI is InChI=1S/C12H19BrN2O3S/c1-9-3-4-12(11(13)7-9)19(17,18)15-6-5-14-8-10(2)16/h3-4,7,10,14-16H,5-6,8H2,1-2H3. The first kappa shape index (κ1) is 16.6. The van der Waals surface area contributed by atoms with E-state index in [-0.39, 0.29) is 11.4 Å². The second-order valence-corrected chi connectivity index (χ2v) is 6.97. The molecule has 0 aliphatic carbocycles. The van der Waals surface area contributed by atoms with Gasteiger partial charge in [0.15, 0.2) is 0 Å². The molecule has 0 saturated heterocycles. The van der Waals surface area contributed by atoms with Gasteiger partial charge in [0.2, 0.25) is 10.0 Å². The topological polar surface area (TPSA) is 78.4 Å². The fourth-order valence-electron chi connectivity index (χ4n) is 1.49. The molecular weight excluding hydrogens is 332 g/mol. The highest BCUT2D eigenvalue weighted by molar-refractivity contribution is 9.10.